The Hall–Kier alpha value is -1.07. The van der Waals surface area contributed by atoms with E-state index in [-0.39, 0.29) is 0 Å². The summed E-state index contributed by atoms with van der Waals surface area (Å²) in [6.45, 7) is 0. The minimum atomic E-state index is -4.11. The molecule has 1 aliphatic carbocycles. The van der Waals surface area contributed by atoms with Crippen LogP contribution in [-0.2, 0) is 4.79 Å². The van der Waals surface area contributed by atoms with Crippen LogP contribution in [0.15, 0.2) is 12.2 Å². The molecule has 1 unspecified atom stereocenters. The Morgan fingerprint density at radius 3 is 2.23 bits per heavy atom. The molecular formula is C7H6F4O2. The van der Waals surface area contributed by atoms with Crippen LogP contribution in [0.3, 0.4) is 0 Å². The summed E-state index contributed by atoms with van der Waals surface area (Å²) in [4.78, 5) is 9.90. The number of carbonyl (C=O) groups is 1. The number of alkyl halides is 4. The average molecular weight is 198 g/mol. The molecule has 1 rings (SSSR count). The molecule has 0 aromatic carbocycles. The summed E-state index contributed by atoms with van der Waals surface area (Å²) in [7, 11) is 0. The maximum absolute atomic E-state index is 12.4. The number of carboxylic acids is 1. The van der Waals surface area contributed by atoms with E-state index < -0.39 is 30.2 Å². The van der Waals surface area contributed by atoms with Gasteiger partial charge in [0, 0.05) is 12.5 Å². The van der Waals surface area contributed by atoms with Crippen LogP contribution >= 0.6 is 0 Å². The molecule has 1 N–H and O–H groups in total. The SMILES string of the molecule is O=C(O)C=CC1CC(F)(F)C1(F)F. The van der Waals surface area contributed by atoms with E-state index in [2.05, 4.69) is 0 Å². The van der Waals surface area contributed by atoms with E-state index in [4.69, 9.17) is 5.11 Å². The molecular weight excluding hydrogens is 192 g/mol. The van der Waals surface area contributed by atoms with Crippen LogP contribution in [0, 0.1) is 5.92 Å². The number of rotatable bonds is 2. The summed E-state index contributed by atoms with van der Waals surface area (Å²) >= 11 is 0. The van der Waals surface area contributed by atoms with Crippen molar-refractivity contribution in [3.05, 3.63) is 12.2 Å². The molecule has 74 valence electrons. The Kier molecular flexibility index (Phi) is 2.09. The second kappa shape index (κ2) is 2.71. The zero-order chi connectivity index (χ0) is 10.3. The topological polar surface area (TPSA) is 37.3 Å². The average Bonchev–Trinajstić information content (AvgIpc) is 1.97. The van der Waals surface area contributed by atoms with Crippen LogP contribution in [0.5, 0.6) is 0 Å². The highest BCUT2D eigenvalue weighted by Gasteiger charge is 2.70. The lowest BCUT2D eigenvalue weighted by Gasteiger charge is -2.42. The van der Waals surface area contributed by atoms with E-state index in [1.54, 1.807) is 0 Å². The summed E-state index contributed by atoms with van der Waals surface area (Å²) in [5.74, 6) is -11.2. The largest absolute Gasteiger partial charge is 0.478 e. The van der Waals surface area contributed by atoms with Gasteiger partial charge in [0.15, 0.2) is 0 Å². The van der Waals surface area contributed by atoms with Gasteiger partial charge in [-0.05, 0) is 0 Å². The highest BCUT2D eigenvalue weighted by atomic mass is 19.3. The van der Waals surface area contributed by atoms with Gasteiger partial charge in [0.05, 0.1) is 5.92 Å². The molecule has 0 aromatic rings. The van der Waals surface area contributed by atoms with Gasteiger partial charge in [-0.1, -0.05) is 6.08 Å². The maximum atomic E-state index is 12.4. The van der Waals surface area contributed by atoms with Crippen molar-refractivity contribution in [2.24, 2.45) is 5.92 Å². The number of aliphatic carboxylic acids is 1. The monoisotopic (exact) mass is 198 g/mol. The van der Waals surface area contributed by atoms with Gasteiger partial charge in [-0.25, -0.2) is 4.79 Å². The fourth-order valence-electron chi connectivity index (χ4n) is 1.07. The van der Waals surface area contributed by atoms with Crippen molar-refractivity contribution < 1.29 is 27.5 Å². The minimum Gasteiger partial charge on any atom is -0.478 e. The minimum absolute atomic E-state index is 0.452. The van der Waals surface area contributed by atoms with E-state index in [1.165, 1.54) is 0 Å². The predicted octanol–water partition coefficient (Wildman–Crippen LogP) is 1.92. The van der Waals surface area contributed by atoms with Crippen molar-refractivity contribution in [2.75, 3.05) is 0 Å². The number of carboxylic acid groups (broad SMARTS) is 1. The number of halogens is 4. The molecule has 0 radical (unpaired) electrons. The second-order valence-corrected chi connectivity index (χ2v) is 2.84. The van der Waals surface area contributed by atoms with Crippen molar-refractivity contribution >= 4 is 5.97 Å². The van der Waals surface area contributed by atoms with Crippen LogP contribution in [0.1, 0.15) is 6.42 Å². The number of hydrogen-bond donors (Lipinski definition) is 1. The molecule has 0 aromatic heterocycles. The van der Waals surface area contributed by atoms with Crippen molar-refractivity contribution in [1.82, 2.24) is 0 Å². The third-order valence-electron chi connectivity index (χ3n) is 1.90. The summed E-state index contributed by atoms with van der Waals surface area (Å²) in [5.41, 5.74) is 0. The number of hydrogen-bond acceptors (Lipinski definition) is 1. The molecule has 1 aliphatic rings. The third kappa shape index (κ3) is 1.52. The lowest BCUT2D eigenvalue weighted by Crippen LogP contribution is -2.57. The van der Waals surface area contributed by atoms with Crippen LogP contribution in [0.4, 0.5) is 17.6 Å². The zero-order valence-corrected chi connectivity index (χ0v) is 6.31. The van der Waals surface area contributed by atoms with Crippen LogP contribution in [0.2, 0.25) is 0 Å². The van der Waals surface area contributed by atoms with Crippen LogP contribution in [0.25, 0.3) is 0 Å². The lowest BCUT2D eigenvalue weighted by molar-refractivity contribution is -0.301. The van der Waals surface area contributed by atoms with E-state index in [1.807, 2.05) is 0 Å². The smallest absolute Gasteiger partial charge is 0.327 e. The second-order valence-electron chi connectivity index (χ2n) is 2.84. The van der Waals surface area contributed by atoms with Gasteiger partial charge in [0.1, 0.15) is 0 Å². The molecule has 0 spiro atoms. The van der Waals surface area contributed by atoms with Crippen molar-refractivity contribution in [3.63, 3.8) is 0 Å². The maximum Gasteiger partial charge on any atom is 0.327 e. The lowest BCUT2D eigenvalue weighted by atomic mass is 9.76. The highest BCUT2D eigenvalue weighted by molar-refractivity contribution is 5.79. The predicted molar refractivity (Wildman–Crippen MR) is 34.8 cm³/mol. The van der Waals surface area contributed by atoms with Gasteiger partial charge in [0.25, 0.3) is 0 Å². The van der Waals surface area contributed by atoms with Crippen molar-refractivity contribution in [3.8, 4) is 0 Å². The first-order valence-corrected chi connectivity index (χ1v) is 3.44. The van der Waals surface area contributed by atoms with E-state index >= 15 is 0 Å². The van der Waals surface area contributed by atoms with E-state index in [0.717, 1.165) is 0 Å². The molecule has 0 bridgehead atoms. The number of allylic oxidation sites excluding steroid dienone is 1. The molecule has 2 nitrogen and oxygen atoms in total. The van der Waals surface area contributed by atoms with Crippen LogP contribution in [-0.4, -0.2) is 22.9 Å². The van der Waals surface area contributed by atoms with Gasteiger partial charge >= 0.3 is 17.8 Å². The standard InChI is InChI=1S/C7H6F4O2/c8-6(9)3-4(7(6,10)11)1-2-5(12)13/h1-2,4H,3H2,(H,12,13). The molecule has 1 fully saturated rings. The molecule has 0 saturated heterocycles. The Morgan fingerprint density at radius 2 is 1.92 bits per heavy atom. The fraction of sp³-hybridized carbons (Fsp3) is 0.571. The summed E-state index contributed by atoms with van der Waals surface area (Å²) < 4.78 is 49.2. The van der Waals surface area contributed by atoms with E-state index in [9.17, 15) is 22.4 Å². The quantitative estimate of drug-likeness (QED) is 0.543. The molecule has 0 amide bonds. The first-order valence-electron chi connectivity index (χ1n) is 3.44. The highest BCUT2D eigenvalue weighted by Crippen LogP contribution is 2.55. The van der Waals surface area contributed by atoms with Crippen molar-refractivity contribution in [2.45, 2.75) is 18.3 Å². The summed E-state index contributed by atoms with van der Waals surface area (Å²) in [6, 6.07) is 0. The normalized spacial score (nSPS) is 30.0. The fourth-order valence-corrected chi connectivity index (χ4v) is 1.07. The van der Waals surface area contributed by atoms with Crippen molar-refractivity contribution in [1.29, 1.82) is 0 Å². The summed E-state index contributed by atoms with van der Waals surface area (Å²) in [6.07, 6.45) is 0.0529. The van der Waals surface area contributed by atoms with Crippen LogP contribution < -0.4 is 0 Å². The van der Waals surface area contributed by atoms with Gasteiger partial charge in [-0.2, -0.15) is 17.6 Å². The Morgan fingerprint density at radius 1 is 1.38 bits per heavy atom. The Balaban J connectivity index is 2.65. The molecule has 0 aliphatic heterocycles. The van der Waals surface area contributed by atoms with E-state index in [0.29, 0.717) is 12.2 Å². The Bertz CT molecular complexity index is 259. The molecule has 1 saturated carbocycles. The Labute approximate surface area is 70.9 Å². The van der Waals surface area contributed by atoms with Gasteiger partial charge in [-0.3, -0.25) is 0 Å². The molecule has 6 heteroatoms. The van der Waals surface area contributed by atoms with Gasteiger partial charge in [0.2, 0.25) is 0 Å². The third-order valence-corrected chi connectivity index (χ3v) is 1.90. The first-order chi connectivity index (χ1) is 5.77. The van der Waals surface area contributed by atoms with Gasteiger partial charge in [-0.15, -0.1) is 0 Å². The summed E-state index contributed by atoms with van der Waals surface area (Å²) in [5, 5.41) is 8.06. The first kappa shape index (κ1) is 10.0. The zero-order valence-electron chi connectivity index (χ0n) is 6.31. The molecule has 13 heavy (non-hydrogen) atoms. The molecule has 0 heterocycles. The molecule has 1 atom stereocenters. The van der Waals surface area contributed by atoms with Gasteiger partial charge < -0.3 is 5.11 Å².